The third-order valence-corrected chi connectivity index (χ3v) is 7.98. The van der Waals surface area contributed by atoms with Crippen LogP contribution in [0.3, 0.4) is 0 Å². The monoisotopic (exact) mass is 528 g/mol. The molecular formula is C16H20N2O14S2. The van der Waals surface area contributed by atoms with Crippen molar-refractivity contribution in [1.29, 1.82) is 0 Å². The van der Waals surface area contributed by atoms with E-state index in [1.54, 1.807) is 0 Å². The number of ether oxygens (including phenoxy) is 2. The first-order chi connectivity index (χ1) is 15.4. The van der Waals surface area contributed by atoms with E-state index in [4.69, 9.17) is 0 Å². The maximum atomic E-state index is 12.4. The number of amides is 4. The third-order valence-electron chi connectivity index (χ3n) is 5.27. The summed E-state index contributed by atoms with van der Waals surface area (Å²) in [6.45, 7) is -0.875. The van der Waals surface area contributed by atoms with Gasteiger partial charge in [-0.1, -0.05) is 0 Å². The van der Waals surface area contributed by atoms with Gasteiger partial charge in [0.05, 0.1) is 0 Å². The Balaban J connectivity index is 2.15. The van der Waals surface area contributed by atoms with Crippen LogP contribution in [0.1, 0.15) is 39.5 Å². The molecule has 0 bridgehead atoms. The Kier molecular flexibility index (Phi) is 7.23. The van der Waals surface area contributed by atoms with Crippen molar-refractivity contribution < 1.29 is 64.2 Å². The van der Waals surface area contributed by atoms with E-state index in [0.717, 1.165) is 0 Å². The van der Waals surface area contributed by atoms with E-state index in [1.165, 1.54) is 0 Å². The Morgan fingerprint density at radius 1 is 0.706 bits per heavy atom. The van der Waals surface area contributed by atoms with Crippen LogP contribution in [0, 0.1) is 0 Å². The van der Waals surface area contributed by atoms with Gasteiger partial charge in [0.25, 0.3) is 9.74 Å². The molecule has 0 radical (unpaired) electrons. The predicted octanol–water partition coefficient (Wildman–Crippen LogP) is -2.42. The molecule has 0 aromatic heterocycles. The lowest BCUT2D eigenvalue weighted by atomic mass is 10.3. The summed E-state index contributed by atoms with van der Waals surface area (Å²) in [5, 5.41) is 0. The normalized spacial score (nSPS) is 20.8. The Bertz CT molecular complexity index is 1050. The minimum atomic E-state index is -5.42. The standard InChI is InChI=1S/C16H20N2O14S2/c1-15(33(25,26)27,17-9(19)3-4-10(17)20)13(23)31-7-8-32-14(24)16(2,34(28,29)30)18-11(21)5-6-12(18)22/h3-8H2,1-2H3,(H,25,26,27)(H,28,29,30). The summed E-state index contributed by atoms with van der Waals surface area (Å²) in [4.78, 5) is 66.1. The fraction of sp³-hybridized carbons (Fsp3) is 0.625. The van der Waals surface area contributed by atoms with Gasteiger partial charge in [-0.05, 0) is 13.8 Å². The number of carbonyl (C=O) groups excluding carboxylic acids is 6. The first-order valence-corrected chi connectivity index (χ1v) is 12.3. The molecule has 16 nitrogen and oxygen atoms in total. The fourth-order valence-electron chi connectivity index (χ4n) is 3.27. The highest BCUT2D eigenvalue weighted by atomic mass is 32.2. The van der Waals surface area contributed by atoms with Crippen molar-refractivity contribution in [3.05, 3.63) is 0 Å². The van der Waals surface area contributed by atoms with Gasteiger partial charge in [0.2, 0.25) is 23.6 Å². The molecule has 2 unspecified atom stereocenters. The van der Waals surface area contributed by atoms with E-state index >= 15 is 0 Å². The molecule has 2 N–H and O–H groups in total. The zero-order valence-electron chi connectivity index (χ0n) is 17.7. The number of imide groups is 2. The first-order valence-electron chi connectivity index (χ1n) is 9.41. The number of hydrogen-bond acceptors (Lipinski definition) is 12. The third kappa shape index (κ3) is 4.40. The first kappa shape index (κ1) is 27.3. The number of carbonyl (C=O) groups is 6. The number of rotatable bonds is 9. The van der Waals surface area contributed by atoms with Gasteiger partial charge in [-0.3, -0.25) is 28.3 Å². The van der Waals surface area contributed by atoms with E-state index in [0.29, 0.717) is 13.8 Å². The molecule has 2 saturated heterocycles. The van der Waals surface area contributed by atoms with Gasteiger partial charge >= 0.3 is 32.2 Å². The summed E-state index contributed by atoms with van der Waals surface area (Å²) in [7, 11) is -10.8. The summed E-state index contributed by atoms with van der Waals surface area (Å²) < 4.78 is 75.5. The van der Waals surface area contributed by atoms with Crippen LogP contribution in [0.5, 0.6) is 0 Å². The second-order valence-corrected chi connectivity index (χ2v) is 10.9. The van der Waals surface area contributed by atoms with Crippen molar-refractivity contribution in [3.8, 4) is 0 Å². The highest BCUT2D eigenvalue weighted by molar-refractivity contribution is 7.88. The highest BCUT2D eigenvalue weighted by Crippen LogP contribution is 2.31. The Hall–Kier alpha value is -2.96. The van der Waals surface area contributed by atoms with Crippen LogP contribution >= 0.6 is 0 Å². The Labute approximate surface area is 192 Å². The number of likely N-dealkylation sites (tertiary alicyclic amines) is 2. The van der Waals surface area contributed by atoms with Crippen LogP contribution in [0.4, 0.5) is 0 Å². The second kappa shape index (κ2) is 9.01. The highest BCUT2D eigenvalue weighted by Gasteiger charge is 2.60. The molecule has 2 aliphatic heterocycles. The second-order valence-electron chi connectivity index (χ2n) is 7.43. The summed E-state index contributed by atoms with van der Waals surface area (Å²) >= 11 is 0. The van der Waals surface area contributed by atoms with Crippen molar-refractivity contribution >= 4 is 55.8 Å². The van der Waals surface area contributed by atoms with Crippen molar-refractivity contribution in [2.75, 3.05) is 13.2 Å². The van der Waals surface area contributed by atoms with E-state index in [1.807, 2.05) is 0 Å². The average molecular weight is 528 g/mol. The molecule has 0 spiro atoms. The number of hydrogen-bond donors (Lipinski definition) is 2. The SMILES string of the molecule is CC(C(=O)OCCOC(=O)C(C)(N1C(=O)CCC1=O)S(=O)(=O)O)(N1C(=O)CCC1=O)S(=O)(=O)O. The van der Waals surface area contributed by atoms with Gasteiger partial charge < -0.3 is 9.47 Å². The molecule has 2 atom stereocenters. The molecule has 2 fully saturated rings. The summed E-state index contributed by atoms with van der Waals surface area (Å²) in [6, 6.07) is 0. The van der Waals surface area contributed by atoms with Crippen LogP contribution < -0.4 is 0 Å². The minimum Gasteiger partial charge on any atom is -0.459 e. The van der Waals surface area contributed by atoms with E-state index < -0.39 is 104 Å². The average Bonchev–Trinajstić information content (AvgIpc) is 3.22. The van der Waals surface area contributed by atoms with Gasteiger partial charge in [0.15, 0.2) is 0 Å². The molecule has 2 aliphatic rings. The fourth-order valence-corrected chi connectivity index (χ4v) is 4.67. The lowest BCUT2D eigenvalue weighted by Gasteiger charge is -2.32. The van der Waals surface area contributed by atoms with Gasteiger partial charge in [0.1, 0.15) is 13.2 Å². The molecule has 0 aromatic carbocycles. The number of nitrogens with zero attached hydrogens (tertiary/aromatic N) is 2. The molecule has 34 heavy (non-hydrogen) atoms. The molecule has 18 heteroatoms. The largest absolute Gasteiger partial charge is 0.459 e. The predicted molar refractivity (Wildman–Crippen MR) is 104 cm³/mol. The molecule has 2 rings (SSSR count). The molecule has 190 valence electrons. The quantitative estimate of drug-likeness (QED) is 0.137. The molecule has 4 amide bonds. The van der Waals surface area contributed by atoms with Crippen LogP contribution in [-0.4, -0.2) is 94.3 Å². The van der Waals surface area contributed by atoms with Crippen molar-refractivity contribution in [2.24, 2.45) is 0 Å². The van der Waals surface area contributed by atoms with E-state index in [-0.39, 0.29) is 9.80 Å². The van der Waals surface area contributed by atoms with Crippen LogP contribution in [0.15, 0.2) is 0 Å². The van der Waals surface area contributed by atoms with Crippen molar-refractivity contribution in [1.82, 2.24) is 9.80 Å². The van der Waals surface area contributed by atoms with Crippen LogP contribution in [-0.2, 0) is 58.5 Å². The van der Waals surface area contributed by atoms with Gasteiger partial charge in [0, 0.05) is 25.7 Å². The smallest absolute Gasteiger partial charge is 0.351 e. The van der Waals surface area contributed by atoms with Crippen LogP contribution in [0.2, 0.25) is 0 Å². The summed E-state index contributed by atoms with van der Waals surface area (Å²) in [6.07, 6.45) is -1.68. The zero-order valence-corrected chi connectivity index (χ0v) is 19.4. The molecule has 0 aliphatic carbocycles. The maximum absolute atomic E-state index is 12.4. The van der Waals surface area contributed by atoms with Gasteiger partial charge in [-0.2, -0.15) is 16.8 Å². The van der Waals surface area contributed by atoms with Crippen molar-refractivity contribution in [3.63, 3.8) is 0 Å². The van der Waals surface area contributed by atoms with Crippen LogP contribution in [0.25, 0.3) is 0 Å². The minimum absolute atomic E-state index is 0.0245. The Morgan fingerprint density at radius 2 is 0.941 bits per heavy atom. The number of esters is 2. The lowest BCUT2D eigenvalue weighted by molar-refractivity contribution is -0.166. The van der Waals surface area contributed by atoms with Gasteiger partial charge in [-0.15, -0.1) is 0 Å². The zero-order chi connectivity index (χ0) is 26.3. The summed E-state index contributed by atoms with van der Waals surface area (Å²) in [5.41, 5.74) is 0. The summed E-state index contributed by atoms with van der Waals surface area (Å²) in [5.74, 6) is -7.88. The maximum Gasteiger partial charge on any atom is 0.351 e. The van der Waals surface area contributed by atoms with Crippen molar-refractivity contribution in [2.45, 2.75) is 49.3 Å². The lowest BCUT2D eigenvalue weighted by Crippen LogP contribution is -2.60. The molecule has 2 heterocycles. The Morgan fingerprint density at radius 3 is 1.15 bits per heavy atom. The molecule has 0 saturated carbocycles. The van der Waals surface area contributed by atoms with E-state index in [2.05, 4.69) is 9.47 Å². The molecular weight excluding hydrogens is 508 g/mol. The van der Waals surface area contributed by atoms with Gasteiger partial charge in [-0.25, -0.2) is 19.4 Å². The molecule has 0 aromatic rings. The topological polar surface area (TPSA) is 236 Å². The van der Waals surface area contributed by atoms with E-state index in [9.17, 15) is 54.7 Å².